The molecule has 20 heteroatoms. The number of rotatable bonds is 14. The van der Waals surface area contributed by atoms with Crippen LogP contribution in [0.25, 0.3) is 33.8 Å². The number of nitrogens with two attached hydrogens (primary N) is 1. The molecule has 7 N–H and O–H groups in total. The molecular formula is C57H69N13O7. The lowest BCUT2D eigenvalue weighted by atomic mass is 9.76. The Morgan fingerprint density at radius 2 is 1.09 bits per heavy atom. The van der Waals surface area contributed by atoms with E-state index < -0.39 is 11.4 Å². The summed E-state index contributed by atoms with van der Waals surface area (Å²) in [4.78, 5) is 58.3. The zero-order chi connectivity index (χ0) is 55.0. The average molecular weight is 1050 g/mol. The molecule has 0 spiro atoms. The zero-order valence-corrected chi connectivity index (χ0v) is 44.6. The first-order chi connectivity index (χ1) is 36.8. The highest BCUT2D eigenvalue weighted by Crippen LogP contribution is 2.35. The molecule has 4 aliphatic rings. The van der Waals surface area contributed by atoms with E-state index in [1.807, 2.05) is 71.0 Å². The van der Waals surface area contributed by atoms with Crippen molar-refractivity contribution in [2.75, 3.05) is 37.1 Å². The lowest BCUT2D eigenvalue weighted by Crippen LogP contribution is -2.47. The highest BCUT2D eigenvalue weighted by atomic mass is 16.5. The van der Waals surface area contributed by atoms with Crippen LogP contribution >= 0.6 is 0 Å². The molecule has 6 aromatic rings. The summed E-state index contributed by atoms with van der Waals surface area (Å²) < 4.78 is 13.4. The Kier molecular flexibility index (Phi) is 17.3. The number of ether oxygens (including phenoxy) is 2. The topological polar surface area (TPSA) is 289 Å². The van der Waals surface area contributed by atoms with E-state index in [0.29, 0.717) is 83.9 Å². The van der Waals surface area contributed by atoms with Crippen molar-refractivity contribution in [1.82, 2.24) is 39.8 Å². The Balaban J connectivity index is 0.000000180. The Bertz CT molecular complexity index is 3200. The second-order valence-electron chi connectivity index (χ2n) is 22.0. The zero-order valence-electron chi connectivity index (χ0n) is 44.6. The van der Waals surface area contributed by atoms with Crippen molar-refractivity contribution >= 4 is 46.0 Å². The molecule has 0 radical (unpaired) electrons. The lowest BCUT2D eigenvalue weighted by Gasteiger charge is -2.38. The number of nitriles is 2. The molecule has 6 aromatic heterocycles. The maximum atomic E-state index is 13.3. The number of hydrogen-bond acceptors (Lipinski definition) is 15. The fraction of sp³-hybridized carbons (Fsp3) is 0.474. The van der Waals surface area contributed by atoms with Crippen LogP contribution in [0, 0.1) is 39.4 Å². The highest BCUT2D eigenvalue weighted by molar-refractivity contribution is 6.01. The van der Waals surface area contributed by atoms with E-state index in [-0.39, 0.29) is 47.4 Å². The van der Waals surface area contributed by atoms with E-state index in [9.17, 15) is 19.2 Å². The molecular weight excluding hydrogens is 979 g/mol. The SMILES string of the molecule is CC(C)Nc1cc(-c2ccc3cc(C#N)cnn23)ncc1C(=O)NC1CCC(CC(=O)C2(C)COC2)CC1.CC(C)Nc1cc(-c2ccc3cc(C#N)cnn23)ncc1C(=O)NC1CCC(N)CC1.CC1(C(=O)O)COC1. The number of aliphatic carboxylic acids is 1. The van der Waals surface area contributed by atoms with Gasteiger partial charge in [-0.3, -0.25) is 29.1 Å². The van der Waals surface area contributed by atoms with Crippen LogP contribution in [-0.2, 0) is 19.1 Å². The Morgan fingerprint density at radius 1 is 0.662 bits per heavy atom. The van der Waals surface area contributed by atoms with E-state index in [0.717, 1.165) is 79.5 Å². The number of carbonyl (C=O) groups is 4. The van der Waals surface area contributed by atoms with E-state index in [4.69, 9.17) is 30.8 Å². The van der Waals surface area contributed by atoms with Gasteiger partial charge in [-0.15, -0.1) is 0 Å². The van der Waals surface area contributed by atoms with Gasteiger partial charge < -0.3 is 41.6 Å². The predicted molar refractivity (Wildman–Crippen MR) is 290 cm³/mol. The van der Waals surface area contributed by atoms with Crippen molar-refractivity contribution < 1.29 is 33.8 Å². The highest BCUT2D eigenvalue weighted by Gasteiger charge is 2.42. The lowest BCUT2D eigenvalue weighted by molar-refractivity contribution is -0.175. The first kappa shape index (κ1) is 55.5. The molecule has 404 valence electrons. The molecule has 0 bridgehead atoms. The number of carboxylic acid groups (broad SMARTS) is 1. The monoisotopic (exact) mass is 1050 g/mol. The molecule has 8 heterocycles. The third-order valence-electron chi connectivity index (χ3n) is 14.6. The van der Waals surface area contributed by atoms with Crippen molar-refractivity contribution in [2.45, 2.75) is 130 Å². The molecule has 2 aliphatic carbocycles. The van der Waals surface area contributed by atoms with Crippen LogP contribution in [0.4, 0.5) is 11.4 Å². The normalized spacial score (nSPS) is 20.1. The summed E-state index contributed by atoms with van der Waals surface area (Å²) in [5.74, 6) is -0.351. The minimum Gasteiger partial charge on any atom is -0.481 e. The van der Waals surface area contributed by atoms with Gasteiger partial charge in [0.05, 0.1) is 112 Å². The van der Waals surface area contributed by atoms with E-state index in [1.165, 1.54) is 12.4 Å². The van der Waals surface area contributed by atoms with Crippen molar-refractivity contribution in [3.8, 4) is 34.9 Å². The summed E-state index contributed by atoms with van der Waals surface area (Å²) >= 11 is 0. The van der Waals surface area contributed by atoms with Gasteiger partial charge in [0.2, 0.25) is 0 Å². The standard InChI is InChI=1S/C29H34N6O3.C23H27N7O.C5H8O3/c1-18(2)33-24-12-25(26-9-8-22-10-20(13-30)14-32-35(22)26)31-15-23(24)28(37)34-21-6-4-19(5-7-21)11-27(36)29(3)16-38-17-29;1-14(2)28-20-10-21(22-8-7-18-9-15(11-24)12-27-30(18)22)26-13-19(20)23(31)29-17-5-3-16(25)4-6-17;1-5(4(6)7)2-8-3-5/h8-10,12,14-15,18-19,21H,4-7,11,16-17H2,1-3H3,(H,31,33)(H,34,37);7-10,12-14,16-17H,3-6,25H2,1-2H3,(H,26,28)(H,29,31);2-3H2,1H3,(H,6,7). The molecule has 2 amide bonds. The summed E-state index contributed by atoms with van der Waals surface area (Å²) in [7, 11) is 0. The number of amides is 2. The van der Waals surface area contributed by atoms with Crippen LogP contribution in [0.3, 0.4) is 0 Å². The fourth-order valence-electron chi connectivity index (χ4n) is 9.83. The van der Waals surface area contributed by atoms with Crippen LogP contribution in [0.2, 0.25) is 0 Å². The number of hydrogen-bond donors (Lipinski definition) is 6. The first-order valence-corrected chi connectivity index (χ1v) is 26.4. The number of carbonyl (C=O) groups excluding carboxylic acids is 3. The Hall–Kier alpha value is -7.78. The number of nitrogens with one attached hydrogen (secondary N) is 4. The van der Waals surface area contributed by atoms with Crippen LogP contribution in [-0.4, -0.2) is 115 Å². The van der Waals surface area contributed by atoms with Crippen LogP contribution < -0.4 is 27.0 Å². The van der Waals surface area contributed by atoms with Gasteiger partial charge in [0.1, 0.15) is 23.3 Å². The third-order valence-corrected chi connectivity index (χ3v) is 14.6. The summed E-state index contributed by atoms with van der Waals surface area (Å²) in [5, 5.41) is 48.5. The number of anilines is 2. The van der Waals surface area contributed by atoms with Gasteiger partial charge >= 0.3 is 5.97 Å². The Morgan fingerprint density at radius 3 is 1.45 bits per heavy atom. The summed E-state index contributed by atoms with van der Waals surface area (Å²) in [5.41, 5.74) is 13.1. The smallest absolute Gasteiger partial charge is 0.314 e. The van der Waals surface area contributed by atoms with Crippen molar-refractivity contribution in [2.24, 2.45) is 22.5 Å². The Labute approximate surface area is 448 Å². The van der Waals surface area contributed by atoms with Gasteiger partial charge in [-0.1, -0.05) is 0 Å². The molecule has 4 fully saturated rings. The van der Waals surface area contributed by atoms with E-state index >= 15 is 0 Å². The molecule has 2 saturated heterocycles. The maximum absolute atomic E-state index is 13.3. The number of pyridine rings is 2. The second-order valence-corrected chi connectivity index (χ2v) is 22.0. The third kappa shape index (κ3) is 13.3. The minimum atomic E-state index is -0.760. The number of carboxylic acids is 1. The molecule has 10 rings (SSSR count). The van der Waals surface area contributed by atoms with Gasteiger partial charge in [0.15, 0.2) is 0 Å². The average Bonchev–Trinajstić information content (AvgIpc) is 4.02. The van der Waals surface area contributed by atoms with E-state index in [1.54, 1.807) is 40.5 Å². The minimum absolute atomic E-state index is 0.0798. The fourth-order valence-corrected chi connectivity index (χ4v) is 9.83. The number of nitrogens with zero attached hydrogens (tertiary/aromatic N) is 8. The quantitative estimate of drug-likeness (QED) is 0.0613. The number of Topliss-reactive ketones (excluding diaryl/α,β-unsaturated/α-hetero) is 1. The molecule has 2 aliphatic heterocycles. The van der Waals surface area contributed by atoms with Gasteiger partial charge in [0.25, 0.3) is 11.8 Å². The van der Waals surface area contributed by atoms with Crippen molar-refractivity contribution in [1.29, 1.82) is 10.5 Å². The molecule has 0 aromatic carbocycles. The van der Waals surface area contributed by atoms with Crippen molar-refractivity contribution in [3.63, 3.8) is 0 Å². The number of aromatic nitrogens is 6. The van der Waals surface area contributed by atoms with E-state index in [2.05, 4.69) is 53.6 Å². The summed E-state index contributed by atoms with van der Waals surface area (Å²) in [6.07, 6.45) is 14.2. The van der Waals surface area contributed by atoms with Crippen molar-refractivity contribution in [3.05, 3.63) is 95.6 Å². The number of fused-ring (bicyclic) bond motifs is 2. The van der Waals surface area contributed by atoms with Gasteiger partial charge in [-0.05, 0) is 147 Å². The number of ketones is 1. The summed E-state index contributed by atoms with van der Waals surface area (Å²) in [6, 6.07) is 19.9. The van der Waals surface area contributed by atoms with Gasteiger partial charge in [-0.25, -0.2) is 9.03 Å². The molecule has 77 heavy (non-hydrogen) atoms. The van der Waals surface area contributed by atoms with Crippen LogP contribution in [0.15, 0.2) is 73.3 Å². The second kappa shape index (κ2) is 24.0. The van der Waals surface area contributed by atoms with Crippen LogP contribution in [0.5, 0.6) is 0 Å². The van der Waals surface area contributed by atoms with Crippen LogP contribution in [0.1, 0.15) is 131 Å². The van der Waals surface area contributed by atoms with Gasteiger partial charge in [-0.2, -0.15) is 20.7 Å². The molecule has 0 unspecified atom stereocenters. The largest absolute Gasteiger partial charge is 0.481 e. The predicted octanol–water partition coefficient (Wildman–Crippen LogP) is 7.57. The maximum Gasteiger partial charge on any atom is 0.314 e. The first-order valence-electron chi connectivity index (χ1n) is 26.4. The molecule has 20 nitrogen and oxygen atoms in total. The van der Waals surface area contributed by atoms with Gasteiger partial charge in [0, 0.05) is 49.0 Å². The molecule has 2 saturated carbocycles. The summed E-state index contributed by atoms with van der Waals surface area (Å²) in [6.45, 7) is 13.6. The molecule has 0 atom stereocenters.